The van der Waals surface area contributed by atoms with Crippen molar-refractivity contribution >= 4 is 12.0 Å². The smallest absolute Gasteiger partial charge is 0.141 e. The second-order valence-electron chi connectivity index (χ2n) is 3.86. The number of aromatic nitrogens is 1. The number of hydrogen-bond acceptors (Lipinski definition) is 3. The molecule has 2 rings (SSSR count). The molecule has 0 aromatic carbocycles. The lowest BCUT2D eigenvalue weighted by Crippen LogP contribution is -2.06. The largest absolute Gasteiger partial charge is 0.299 e. The van der Waals surface area contributed by atoms with Gasteiger partial charge in [0.05, 0.1) is 0 Å². The molecule has 0 atom stereocenters. The number of ketones is 1. The average Bonchev–Trinajstić information content (AvgIpc) is 2.31. The van der Waals surface area contributed by atoms with Crippen molar-refractivity contribution in [2.75, 3.05) is 6.54 Å². The molecule has 1 aliphatic heterocycles. The second kappa shape index (κ2) is 5.35. The number of allylic oxidation sites excluding steroid dienone is 1. The number of nitrogens with zero attached hydrogens (tertiary/aromatic N) is 2. The Bertz CT molecular complexity index is 421. The van der Waals surface area contributed by atoms with Gasteiger partial charge in [-0.05, 0) is 23.6 Å². The van der Waals surface area contributed by atoms with Crippen LogP contribution in [0.1, 0.15) is 18.4 Å². The molecule has 1 aromatic heterocycles. The first-order chi connectivity index (χ1) is 7.84. The number of Topliss-reactive ketones (excluding diaryl/α,β-unsaturated/α-hetero) is 1. The fourth-order valence-electron chi connectivity index (χ4n) is 1.70. The first-order valence-electron chi connectivity index (χ1n) is 5.44. The van der Waals surface area contributed by atoms with Crippen LogP contribution in [0.4, 0.5) is 0 Å². The third-order valence-corrected chi connectivity index (χ3v) is 2.45. The Morgan fingerprint density at radius 2 is 2.31 bits per heavy atom. The highest BCUT2D eigenvalue weighted by atomic mass is 16.1. The quantitative estimate of drug-likeness (QED) is 0.769. The van der Waals surface area contributed by atoms with Gasteiger partial charge < -0.3 is 0 Å². The van der Waals surface area contributed by atoms with Crippen LogP contribution in [0.2, 0.25) is 0 Å². The highest BCUT2D eigenvalue weighted by Crippen LogP contribution is 2.08. The molecule has 0 saturated carbocycles. The Morgan fingerprint density at radius 3 is 3.00 bits per heavy atom. The zero-order valence-electron chi connectivity index (χ0n) is 9.10. The highest BCUT2D eigenvalue weighted by molar-refractivity contribution is 5.91. The molecule has 0 saturated heterocycles. The SMILES string of the molecule is O=C(CC1=CCCN=C1)Cc1cccnc1. The van der Waals surface area contributed by atoms with E-state index in [0.29, 0.717) is 12.8 Å². The Labute approximate surface area is 94.9 Å². The van der Waals surface area contributed by atoms with Crippen molar-refractivity contribution in [1.82, 2.24) is 4.98 Å². The zero-order chi connectivity index (χ0) is 11.2. The van der Waals surface area contributed by atoms with Gasteiger partial charge in [-0.1, -0.05) is 12.1 Å². The maximum Gasteiger partial charge on any atom is 0.141 e. The molecule has 0 radical (unpaired) electrons. The van der Waals surface area contributed by atoms with E-state index in [1.807, 2.05) is 18.3 Å². The van der Waals surface area contributed by atoms with Gasteiger partial charge in [-0.3, -0.25) is 14.8 Å². The minimum Gasteiger partial charge on any atom is -0.299 e. The molecule has 16 heavy (non-hydrogen) atoms. The number of pyridine rings is 1. The Balaban J connectivity index is 1.89. The predicted octanol–water partition coefficient (Wildman–Crippen LogP) is 1.98. The third-order valence-electron chi connectivity index (χ3n) is 2.45. The van der Waals surface area contributed by atoms with Crippen molar-refractivity contribution in [2.45, 2.75) is 19.3 Å². The summed E-state index contributed by atoms with van der Waals surface area (Å²) < 4.78 is 0. The number of dihydropyridines is 1. The summed E-state index contributed by atoms with van der Waals surface area (Å²) in [6.45, 7) is 0.848. The fourth-order valence-corrected chi connectivity index (χ4v) is 1.70. The van der Waals surface area contributed by atoms with Crippen LogP contribution in [0.25, 0.3) is 0 Å². The van der Waals surface area contributed by atoms with E-state index in [2.05, 4.69) is 16.1 Å². The van der Waals surface area contributed by atoms with Crippen LogP contribution in [-0.4, -0.2) is 23.5 Å². The first-order valence-corrected chi connectivity index (χ1v) is 5.44. The molecular weight excluding hydrogens is 200 g/mol. The molecule has 3 nitrogen and oxygen atoms in total. The van der Waals surface area contributed by atoms with E-state index in [9.17, 15) is 4.79 Å². The van der Waals surface area contributed by atoms with E-state index in [1.165, 1.54) is 0 Å². The van der Waals surface area contributed by atoms with Crippen LogP contribution in [0, 0.1) is 0 Å². The molecular formula is C13H14N2O. The standard InChI is InChI=1S/C13H14N2O/c16-13(7-11-3-1-5-14-9-11)8-12-4-2-6-15-10-12/h1,3-5,9-10H,2,6-8H2. The van der Waals surface area contributed by atoms with Gasteiger partial charge in [-0.2, -0.15) is 0 Å². The number of carbonyl (C=O) groups is 1. The molecule has 1 aromatic rings. The molecule has 0 amide bonds. The van der Waals surface area contributed by atoms with Crippen LogP contribution in [0.15, 0.2) is 41.2 Å². The minimum atomic E-state index is 0.215. The van der Waals surface area contributed by atoms with E-state index in [1.54, 1.807) is 12.4 Å². The summed E-state index contributed by atoms with van der Waals surface area (Å²) in [5.74, 6) is 0.215. The van der Waals surface area contributed by atoms with Gasteiger partial charge in [0, 0.05) is 38.0 Å². The van der Waals surface area contributed by atoms with Crippen LogP contribution in [0.3, 0.4) is 0 Å². The Morgan fingerprint density at radius 1 is 1.38 bits per heavy atom. The monoisotopic (exact) mass is 214 g/mol. The van der Waals surface area contributed by atoms with Crippen LogP contribution in [-0.2, 0) is 11.2 Å². The maximum atomic E-state index is 11.8. The van der Waals surface area contributed by atoms with E-state index in [-0.39, 0.29) is 5.78 Å². The Hall–Kier alpha value is -1.77. The molecule has 0 unspecified atom stereocenters. The lowest BCUT2D eigenvalue weighted by Gasteiger charge is -2.05. The Kier molecular flexibility index (Phi) is 3.59. The number of hydrogen-bond donors (Lipinski definition) is 0. The molecule has 0 fully saturated rings. The normalized spacial score (nSPS) is 14.6. The van der Waals surface area contributed by atoms with Crippen molar-refractivity contribution in [2.24, 2.45) is 4.99 Å². The summed E-state index contributed by atoms with van der Waals surface area (Å²) >= 11 is 0. The minimum absolute atomic E-state index is 0.215. The average molecular weight is 214 g/mol. The molecule has 3 heteroatoms. The van der Waals surface area contributed by atoms with Crippen LogP contribution < -0.4 is 0 Å². The van der Waals surface area contributed by atoms with E-state index < -0.39 is 0 Å². The van der Waals surface area contributed by atoms with Crippen LogP contribution >= 0.6 is 0 Å². The summed E-state index contributed by atoms with van der Waals surface area (Å²) in [5, 5.41) is 0. The summed E-state index contributed by atoms with van der Waals surface area (Å²) in [4.78, 5) is 19.9. The van der Waals surface area contributed by atoms with Crippen molar-refractivity contribution in [3.8, 4) is 0 Å². The zero-order valence-corrected chi connectivity index (χ0v) is 9.10. The topological polar surface area (TPSA) is 42.3 Å². The van der Waals surface area contributed by atoms with Crippen LogP contribution in [0.5, 0.6) is 0 Å². The molecule has 0 N–H and O–H groups in total. The van der Waals surface area contributed by atoms with Gasteiger partial charge in [-0.25, -0.2) is 0 Å². The van der Waals surface area contributed by atoms with E-state index in [4.69, 9.17) is 0 Å². The molecule has 0 bridgehead atoms. The third kappa shape index (κ3) is 3.12. The van der Waals surface area contributed by atoms with E-state index >= 15 is 0 Å². The van der Waals surface area contributed by atoms with Gasteiger partial charge in [0.15, 0.2) is 0 Å². The van der Waals surface area contributed by atoms with Gasteiger partial charge in [-0.15, -0.1) is 0 Å². The van der Waals surface area contributed by atoms with Crippen molar-refractivity contribution < 1.29 is 4.79 Å². The molecule has 82 valence electrons. The predicted molar refractivity (Wildman–Crippen MR) is 63.6 cm³/mol. The number of rotatable bonds is 4. The molecule has 2 heterocycles. The van der Waals surface area contributed by atoms with Crippen molar-refractivity contribution in [3.63, 3.8) is 0 Å². The van der Waals surface area contributed by atoms with Crippen molar-refractivity contribution in [1.29, 1.82) is 0 Å². The highest BCUT2D eigenvalue weighted by Gasteiger charge is 2.07. The number of carbonyl (C=O) groups excluding carboxylic acids is 1. The van der Waals surface area contributed by atoms with Gasteiger partial charge in [0.25, 0.3) is 0 Å². The van der Waals surface area contributed by atoms with Gasteiger partial charge in [0.2, 0.25) is 0 Å². The number of aliphatic imine (C=N–C) groups is 1. The summed E-state index contributed by atoms with van der Waals surface area (Å²) in [6, 6.07) is 3.78. The first kappa shape index (κ1) is 10.7. The fraction of sp³-hybridized carbons (Fsp3) is 0.308. The maximum absolute atomic E-state index is 11.8. The second-order valence-corrected chi connectivity index (χ2v) is 3.86. The molecule has 1 aliphatic rings. The molecule has 0 spiro atoms. The van der Waals surface area contributed by atoms with E-state index in [0.717, 1.165) is 24.1 Å². The lowest BCUT2D eigenvalue weighted by atomic mass is 10.0. The lowest BCUT2D eigenvalue weighted by molar-refractivity contribution is -0.117. The summed E-state index contributed by atoms with van der Waals surface area (Å²) in [7, 11) is 0. The summed E-state index contributed by atoms with van der Waals surface area (Å²) in [5.41, 5.74) is 2.01. The van der Waals surface area contributed by atoms with Gasteiger partial charge >= 0.3 is 0 Å². The molecule has 0 aliphatic carbocycles. The van der Waals surface area contributed by atoms with Gasteiger partial charge in [0.1, 0.15) is 5.78 Å². The van der Waals surface area contributed by atoms with Crippen molar-refractivity contribution in [3.05, 3.63) is 41.7 Å². The summed E-state index contributed by atoms with van der Waals surface area (Å²) in [6.07, 6.45) is 9.24.